The van der Waals surface area contributed by atoms with E-state index in [-0.39, 0.29) is 17.1 Å². The van der Waals surface area contributed by atoms with Crippen LogP contribution in [-0.2, 0) is 26.4 Å². The van der Waals surface area contributed by atoms with Crippen LogP contribution in [0, 0.1) is 32.1 Å². The third kappa shape index (κ3) is 14.3. The van der Waals surface area contributed by atoms with Crippen LogP contribution in [0.25, 0.3) is 0 Å². The molecule has 0 aliphatic heterocycles. The molecule has 3 heteroatoms. The Morgan fingerprint density at radius 1 is 0.778 bits per heavy atom. The van der Waals surface area contributed by atoms with Crippen LogP contribution < -0.4 is 0 Å². The molecule has 1 aliphatic rings. The minimum Gasteiger partial charge on any atom is -0.0767 e. The molecule has 0 amide bonds. The summed E-state index contributed by atoms with van der Waals surface area (Å²) in [5, 5.41) is 0. The zero-order chi connectivity index (χ0) is 13.4. The second-order valence-electron chi connectivity index (χ2n) is 2.45. The van der Waals surface area contributed by atoms with E-state index in [1.54, 1.807) is 0 Å². The average Bonchev–Trinajstić information content (AvgIpc) is 3.03. The van der Waals surface area contributed by atoms with E-state index in [0.717, 1.165) is 5.56 Å². The molecule has 0 spiro atoms. The minimum atomic E-state index is 0. The van der Waals surface area contributed by atoms with Gasteiger partial charge in [-0.3, -0.25) is 5.92 Å². The van der Waals surface area contributed by atoms with Crippen molar-refractivity contribution in [2.75, 3.05) is 0 Å². The summed E-state index contributed by atoms with van der Waals surface area (Å²) in [5.41, 5.74) is 0.826. The van der Waals surface area contributed by atoms with E-state index in [1.807, 2.05) is 61.1 Å². The molecule has 0 bridgehead atoms. The molecule has 0 fully saturated rings. The van der Waals surface area contributed by atoms with Crippen LogP contribution in [0.1, 0.15) is 5.56 Å². The van der Waals surface area contributed by atoms with Crippen molar-refractivity contribution in [3.63, 3.8) is 0 Å². The van der Waals surface area contributed by atoms with Crippen LogP contribution in [-0.4, -0.2) is 0 Å². The molecule has 18 heavy (non-hydrogen) atoms. The SMILES string of the molecule is [C-]#Cc1ccccc1.[C-]#[O+].[C-]#[O+].[CH]1C=CC=C1.[Fe]. The first-order valence-corrected chi connectivity index (χ1v) is 4.49. The van der Waals surface area contributed by atoms with Crippen molar-refractivity contribution in [2.45, 2.75) is 0 Å². The molecule has 0 N–H and O–H groups in total. The number of benzene rings is 1. The summed E-state index contributed by atoms with van der Waals surface area (Å²) in [4.78, 5) is 0. The van der Waals surface area contributed by atoms with Crippen molar-refractivity contribution in [1.29, 1.82) is 0 Å². The standard InChI is InChI=1S/C8H5.C5H5.2CO.Fe/c1-2-8-6-4-3-5-7-8;1-2-4-5-3-1;2*1-2;/h3-7H;1-5H;;;/q-1;;;;. The van der Waals surface area contributed by atoms with Crippen LogP contribution in [0.3, 0.4) is 0 Å². The largest absolute Gasteiger partial charge is 0.0767 e. The Morgan fingerprint density at radius 3 is 1.44 bits per heavy atom. The first-order chi connectivity index (χ1) is 8.43. The molecule has 2 rings (SSSR count). The Labute approximate surface area is 119 Å². The van der Waals surface area contributed by atoms with Crippen molar-refractivity contribution in [3.8, 4) is 5.92 Å². The molecule has 0 saturated carbocycles. The van der Waals surface area contributed by atoms with E-state index in [9.17, 15) is 0 Å². The smallest absolute Gasteiger partial charge is 0.00506 e. The monoisotopic (exact) mass is 278 g/mol. The molecule has 0 unspecified atom stereocenters. The van der Waals surface area contributed by atoms with Crippen LogP contribution in [0.15, 0.2) is 54.6 Å². The van der Waals surface area contributed by atoms with Gasteiger partial charge in [-0.15, -0.1) is 17.7 Å². The fourth-order valence-corrected chi connectivity index (χ4v) is 0.842. The van der Waals surface area contributed by atoms with E-state index in [4.69, 9.17) is 15.7 Å². The predicted octanol–water partition coefficient (Wildman–Crippen LogP) is 2.86. The minimum absolute atomic E-state index is 0. The topological polar surface area (TPSA) is 39.8 Å². The van der Waals surface area contributed by atoms with Crippen molar-refractivity contribution in [1.82, 2.24) is 0 Å². The fourth-order valence-electron chi connectivity index (χ4n) is 0.842. The van der Waals surface area contributed by atoms with Gasteiger partial charge in [-0.05, 0) is 0 Å². The van der Waals surface area contributed by atoms with Gasteiger partial charge in [-0.1, -0.05) is 42.5 Å². The van der Waals surface area contributed by atoms with E-state index in [2.05, 4.69) is 19.2 Å². The Bertz CT molecular complexity index is 392. The van der Waals surface area contributed by atoms with Crippen LogP contribution in [0.2, 0.25) is 0 Å². The summed E-state index contributed by atoms with van der Waals surface area (Å²) in [6.45, 7) is 9.00. The zero-order valence-electron chi connectivity index (χ0n) is 9.44. The predicted molar refractivity (Wildman–Crippen MR) is 63.1 cm³/mol. The van der Waals surface area contributed by atoms with Crippen molar-refractivity contribution >= 4 is 0 Å². The summed E-state index contributed by atoms with van der Waals surface area (Å²) in [6, 6.07) is 9.37. The fraction of sp³-hybridized carbons (Fsp3) is 0. The molecule has 1 aliphatic carbocycles. The number of allylic oxidation sites excluding steroid dienone is 4. The van der Waals surface area contributed by atoms with E-state index >= 15 is 0 Å². The van der Waals surface area contributed by atoms with Crippen LogP contribution in [0.5, 0.6) is 0 Å². The number of hydrogen-bond acceptors (Lipinski definition) is 0. The zero-order valence-corrected chi connectivity index (χ0v) is 10.5. The van der Waals surface area contributed by atoms with Gasteiger partial charge in [0.2, 0.25) is 0 Å². The maximum absolute atomic E-state index is 7.50. The molecule has 1 radical (unpaired) electrons. The summed E-state index contributed by atoms with van der Waals surface area (Å²) in [7, 11) is 0. The number of rotatable bonds is 0. The maximum atomic E-state index is 7.50. The van der Waals surface area contributed by atoms with Gasteiger partial charge in [0.15, 0.2) is 0 Å². The summed E-state index contributed by atoms with van der Waals surface area (Å²) in [6.07, 6.45) is 16.7. The van der Waals surface area contributed by atoms with Gasteiger partial charge in [0, 0.05) is 23.5 Å². The molecule has 2 nitrogen and oxygen atoms in total. The van der Waals surface area contributed by atoms with Crippen LogP contribution >= 0.6 is 0 Å². The molecule has 1 aromatic rings. The maximum Gasteiger partial charge on any atom is 0.00506 e. The molecule has 0 aromatic heterocycles. The molecule has 1 aromatic carbocycles. The van der Waals surface area contributed by atoms with Crippen molar-refractivity contribution in [2.24, 2.45) is 0 Å². The third-order valence-corrected chi connectivity index (χ3v) is 1.47. The van der Waals surface area contributed by atoms with Gasteiger partial charge in [0.25, 0.3) is 0 Å². The van der Waals surface area contributed by atoms with Gasteiger partial charge >= 0.3 is 22.6 Å². The molecular weight excluding hydrogens is 268 g/mol. The van der Waals surface area contributed by atoms with Crippen LogP contribution in [0.4, 0.5) is 0 Å². The first-order valence-electron chi connectivity index (χ1n) is 4.49. The second kappa shape index (κ2) is 20.6. The van der Waals surface area contributed by atoms with Crippen molar-refractivity contribution < 1.29 is 26.4 Å². The number of hydrogen-bond donors (Lipinski definition) is 0. The third-order valence-electron chi connectivity index (χ3n) is 1.47. The van der Waals surface area contributed by atoms with Gasteiger partial charge in [-0.25, -0.2) is 0 Å². The van der Waals surface area contributed by atoms with Gasteiger partial charge < -0.3 is 6.42 Å². The Balaban J connectivity index is -0.000000196. The normalized spacial score (nSPS) is 8.61. The Hall–Kier alpha value is -1.74. The van der Waals surface area contributed by atoms with E-state index < -0.39 is 0 Å². The quantitative estimate of drug-likeness (QED) is 0.303. The average molecular weight is 278 g/mol. The molecular formula is C15H10FeO2-. The van der Waals surface area contributed by atoms with E-state index in [1.165, 1.54) is 0 Å². The van der Waals surface area contributed by atoms with Gasteiger partial charge in [-0.2, -0.15) is 0 Å². The summed E-state index contributed by atoms with van der Waals surface area (Å²) in [5.74, 6) is 2.28. The van der Waals surface area contributed by atoms with Gasteiger partial charge in [0.05, 0.1) is 0 Å². The summed E-state index contributed by atoms with van der Waals surface area (Å²) >= 11 is 0. The second-order valence-corrected chi connectivity index (χ2v) is 2.45. The molecule has 91 valence electrons. The van der Waals surface area contributed by atoms with Crippen molar-refractivity contribution in [3.05, 3.63) is 86.3 Å². The molecule has 0 saturated heterocycles. The molecule has 0 heterocycles. The van der Waals surface area contributed by atoms with E-state index in [0.29, 0.717) is 0 Å². The first kappa shape index (κ1) is 21.5. The Morgan fingerprint density at radius 2 is 1.22 bits per heavy atom. The Kier molecular flexibility index (Phi) is 24.7. The molecule has 0 atom stereocenters. The summed E-state index contributed by atoms with van der Waals surface area (Å²) < 4.78 is 15.0. The van der Waals surface area contributed by atoms with Gasteiger partial charge in [0.1, 0.15) is 0 Å².